The molecule has 0 aliphatic carbocycles. The predicted octanol–water partition coefficient (Wildman–Crippen LogP) is 2.18. The third-order valence-electron chi connectivity index (χ3n) is 4.15. The van der Waals surface area contributed by atoms with Crippen molar-refractivity contribution in [2.45, 2.75) is 13.1 Å². The summed E-state index contributed by atoms with van der Waals surface area (Å²) in [5.41, 5.74) is 1.60. The summed E-state index contributed by atoms with van der Waals surface area (Å²) in [5.74, 6) is 0.00971. The molecule has 4 aromatic rings. The van der Waals surface area contributed by atoms with Crippen molar-refractivity contribution in [3.8, 4) is 0 Å². The molecule has 0 aromatic carbocycles. The number of rotatable bonds is 6. The fourth-order valence-electron chi connectivity index (χ4n) is 2.79. The van der Waals surface area contributed by atoms with E-state index in [0.717, 1.165) is 5.56 Å². The number of nitrogens with zero attached hydrogens (tertiary/aromatic N) is 3. The number of pyridine rings is 2. The van der Waals surface area contributed by atoms with Crippen LogP contribution in [0, 0.1) is 0 Å². The summed E-state index contributed by atoms with van der Waals surface area (Å²) in [7, 11) is 0. The standard InChI is InChI=1S/C20H17N5O3/c26-19(23-13-15-6-4-10-28-15)17-16-7-1-2-9-25(16)18(24-17)20(27)22-12-14-5-3-8-21-11-14/h1-11H,12-13H2,(H,22,27)(H,23,26). The van der Waals surface area contributed by atoms with Crippen molar-refractivity contribution in [2.75, 3.05) is 0 Å². The SMILES string of the molecule is O=C(NCc1ccco1)c1nc(C(=O)NCc2cccnc2)n2ccccc12. The molecule has 0 spiro atoms. The van der Waals surface area contributed by atoms with Gasteiger partial charge in [0, 0.05) is 25.1 Å². The highest BCUT2D eigenvalue weighted by Gasteiger charge is 2.21. The first-order chi connectivity index (χ1) is 13.7. The van der Waals surface area contributed by atoms with Gasteiger partial charge in [-0.05, 0) is 35.9 Å². The molecule has 0 radical (unpaired) electrons. The van der Waals surface area contributed by atoms with E-state index in [2.05, 4.69) is 20.6 Å². The van der Waals surface area contributed by atoms with Crippen molar-refractivity contribution in [3.05, 3.63) is 90.2 Å². The lowest BCUT2D eigenvalue weighted by Gasteiger charge is -2.04. The van der Waals surface area contributed by atoms with Gasteiger partial charge in [0.2, 0.25) is 5.82 Å². The fraction of sp³-hybridized carbons (Fsp3) is 0.100. The Morgan fingerprint density at radius 1 is 1.00 bits per heavy atom. The molecule has 0 bridgehead atoms. The maximum atomic E-state index is 12.7. The van der Waals surface area contributed by atoms with E-state index in [1.54, 1.807) is 59.4 Å². The molecule has 8 nitrogen and oxygen atoms in total. The van der Waals surface area contributed by atoms with Crippen LogP contribution in [0.3, 0.4) is 0 Å². The quantitative estimate of drug-likeness (QED) is 0.538. The molecule has 4 aromatic heterocycles. The molecule has 140 valence electrons. The summed E-state index contributed by atoms with van der Waals surface area (Å²) < 4.78 is 6.81. The Bertz CT molecular complexity index is 1100. The molecule has 2 amide bonds. The first-order valence-corrected chi connectivity index (χ1v) is 8.67. The number of nitrogens with one attached hydrogen (secondary N) is 2. The maximum Gasteiger partial charge on any atom is 0.287 e. The number of hydrogen-bond donors (Lipinski definition) is 2. The molecule has 0 saturated heterocycles. The van der Waals surface area contributed by atoms with Gasteiger partial charge in [0.15, 0.2) is 5.69 Å². The lowest BCUT2D eigenvalue weighted by Crippen LogP contribution is -2.26. The van der Waals surface area contributed by atoms with Crippen LogP contribution in [0.2, 0.25) is 0 Å². The van der Waals surface area contributed by atoms with Crippen LogP contribution in [0.5, 0.6) is 0 Å². The number of carbonyl (C=O) groups excluding carboxylic acids is 2. The molecule has 2 N–H and O–H groups in total. The molecule has 8 heteroatoms. The van der Waals surface area contributed by atoms with Crippen LogP contribution in [0.25, 0.3) is 5.52 Å². The van der Waals surface area contributed by atoms with E-state index in [1.165, 1.54) is 6.26 Å². The Hall–Kier alpha value is -3.94. The number of amides is 2. The molecule has 0 atom stereocenters. The second kappa shape index (κ2) is 7.75. The van der Waals surface area contributed by atoms with Gasteiger partial charge >= 0.3 is 0 Å². The summed E-state index contributed by atoms with van der Waals surface area (Å²) in [6, 6.07) is 12.5. The van der Waals surface area contributed by atoms with Crippen molar-refractivity contribution in [1.82, 2.24) is 25.0 Å². The number of hydrogen-bond acceptors (Lipinski definition) is 5. The van der Waals surface area contributed by atoms with Gasteiger partial charge in [-0.25, -0.2) is 4.98 Å². The minimum atomic E-state index is -0.383. The maximum absolute atomic E-state index is 12.7. The molecule has 4 heterocycles. The zero-order valence-corrected chi connectivity index (χ0v) is 14.8. The highest BCUT2D eigenvalue weighted by Crippen LogP contribution is 2.14. The monoisotopic (exact) mass is 375 g/mol. The van der Waals surface area contributed by atoms with Crippen LogP contribution < -0.4 is 10.6 Å². The van der Waals surface area contributed by atoms with Crippen molar-refractivity contribution in [1.29, 1.82) is 0 Å². The first-order valence-electron chi connectivity index (χ1n) is 8.67. The number of fused-ring (bicyclic) bond motifs is 1. The number of imidazole rings is 1. The Balaban J connectivity index is 1.55. The first kappa shape index (κ1) is 17.5. The van der Waals surface area contributed by atoms with Crippen LogP contribution in [-0.2, 0) is 13.1 Å². The van der Waals surface area contributed by atoms with Gasteiger partial charge in [0.25, 0.3) is 11.8 Å². The second-order valence-electron chi connectivity index (χ2n) is 6.05. The number of furan rings is 1. The van der Waals surface area contributed by atoms with E-state index in [0.29, 0.717) is 17.8 Å². The summed E-state index contributed by atoms with van der Waals surface area (Å²) in [6.45, 7) is 0.550. The van der Waals surface area contributed by atoms with Gasteiger partial charge in [-0.15, -0.1) is 0 Å². The van der Waals surface area contributed by atoms with Gasteiger partial charge in [-0.1, -0.05) is 12.1 Å². The Kier molecular flexibility index (Phi) is 4.83. The predicted molar refractivity (Wildman–Crippen MR) is 100 cm³/mol. The molecule has 28 heavy (non-hydrogen) atoms. The second-order valence-corrected chi connectivity index (χ2v) is 6.05. The third-order valence-corrected chi connectivity index (χ3v) is 4.15. The van der Waals surface area contributed by atoms with Crippen molar-refractivity contribution >= 4 is 17.3 Å². The summed E-state index contributed by atoms with van der Waals surface area (Å²) >= 11 is 0. The van der Waals surface area contributed by atoms with E-state index < -0.39 is 0 Å². The zero-order valence-electron chi connectivity index (χ0n) is 14.8. The molecule has 4 rings (SSSR count). The van der Waals surface area contributed by atoms with E-state index in [9.17, 15) is 9.59 Å². The zero-order chi connectivity index (χ0) is 19.3. The van der Waals surface area contributed by atoms with Crippen LogP contribution in [0.4, 0.5) is 0 Å². The highest BCUT2D eigenvalue weighted by atomic mass is 16.3. The largest absolute Gasteiger partial charge is 0.467 e. The average Bonchev–Trinajstić information content (AvgIpc) is 3.39. The molecule has 0 saturated carbocycles. The summed E-state index contributed by atoms with van der Waals surface area (Å²) in [6.07, 6.45) is 6.58. The van der Waals surface area contributed by atoms with Gasteiger partial charge in [-0.2, -0.15) is 0 Å². The Morgan fingerprint density at radius 2 is 1.89 bits per heavy atom. The summed E-state index contributed by atoms with van der Waals surface area (Å²) in [5, 5.41) is 5.56. The third kappa shape index (κ3) is 3.61. The number of carbonyl (C=O) groups is 2. The molecular formula is C20H17N5O3. The van der Waals surface area contributed by atoms with Crippen molar-refractivity contribution in [3.63, 3.8) is 0 Å². The average molecular weight is 375 g/mol. The van der Waals surface area contributed by atoms with Crippen LogP contribution in [-0.4, -0.2) is 26.2 Å². The van der Waals surface area contributed by atoms with E-state index in [4.69, 9.17) is 4.42 Å². The minimum absolute atomic E-state index is 0.141. The molecule has 0 aliphatic heterocycles. The van der Waals surface area contributed by atoms with Gasteiger partial charge in [0.1, 0.15) is 5.76 Å². The summed E-state index contributed by atoms with van der Waals surface area (Å²) in [4.78, 5) is 33.6. The lowest BCUT2D eigenvalue weighted by atomic mass is 10.3. The van der Waals surface area contributed by atoms with Gasteiger partial charge in [-0.3, -0.25) is 19.0 Å². The molecular weight excluding hydrogens is 358 g/mol. The van der Waals surface area contributed by atoms with Crippen LogP contribution in [0.1, 0.15) is 32.4 Å². The van der Waals surface area contributed by atoms with Gasteiger partial charge < -0.3 is 15.1 Å². The molecule has 0 aliphatic rings. The topological polar surface area (TPSA) is 102 Å². The highest BCUT2D eigenvalue weighted by molar-refractivity contribution is 6.02. The molecule has 0 fully saturated rings. The number of aromatic nitrogens is 3. The smallest absolute Gasteiger partial charge is 0.287 e. The van der Waals surface area contributed by atoms with Crippen LogP contribution >= 0.6 is 0 Å². The van der Waals surface area contributed by atoms with E-state index >= 15 is 0 Å². The normalized spacial score (nSPS) is 10.7. The van der Waals surface area contributed by atoms with Crippen LogP contribution in [0.15, 0.2) is 71.7 Å². The van der Waals surface area contributed by atoms with E-state index in [1.807, 2.05) is 6.07 Å². The Labute approximate surface area is 160 Å². The molecule has 0 unspecified atom stereocenters. The van der Waals surface area contributed by atoms with Crippen molar-refractivity contribution in [2.24, 2.45) is 0 Å². The Morgan fingerprint density at radius 3 is 2.68 bits per heavy atom. The van der Waals surface area contributed by atoms with E-state index in [-0.39, 0.29) is 29.9 Å². The fourth-order valence-corrected chi connectivity index (χ4v) is 2.79. The van der Waals surface area contributed by atoms with Gasteiger partial charge in [0.05, 0.1) is 18.3 Å². The van der Waals surface area contributed by atoms with Crippen molar-refractivity contribution < 1.29 is 14.0 Å². The minimum Gasteiger partial charge on any atom is -0.467 e. The lowest BCUT2D eigenvalue weighted by molar-refractivity contribution is 0.0939.